The first kappa shape index (κ1) is 19.3. The Morgan fingerprint density at radius 1 is 1.10 bits per heavy atom. The molecule has 0 bridgehead atoms. The molecule has 1 spiro atoms. The van der Waals surface area contributed by atoms with E-state index in [0.717, 1.165) is 75.2 Å². The molecular formula is C23H35N5O. The molecule has 1 amide bonds. The average Bonchev–Trinajstić information content (AvgIpc) is 3.44. The summed E-state index contributed by atoms with van der Waals surface area (Å²) in [5.74, 6) is 1.39. The molecule has 5 heterocycles. The molecule has 0 saturated carbocycles. The maximum atomic E-state index is 13.3. The minimum absolute atomic E-state index is 0.134. The Morgan fingerprint density at radius 3 is 2.66 bits per heavy atom. The van der Waals surface area contributed by atoms with E-state index >= 15 is 0 Å². The predicted octanol–water partition coefficient (Wildman–Crippen LogP) is 2.56. The highest BCUT2D eigenvalue weighted by atomic mass is 16.2. The van der Waals surface area contributed by atoms with Gasteiger partial charge in [0.2, 0.25) is 5.91 Å². The number of anilines is 2. The highest BCUT2D eigenvalue weighted by molar-refractivity contribution is 6.00. The van der Waals surface area contributed by atoms with Crippen molar-refractivity contribution in [1.82, 2.24) is 15.2 Å². The predicted molar refractivity (Wildman–Crippen MR) is 117 cm³/mol. The first-order chi connectivity index (χ1) is 14.1. The zero-order chi connectivity index (χ0) is 20.0. The number of hydrogen-bond acceptors (Lipinski definition) is 5. The smallest absolute Gasteiger partial charge is 0.233 e. The van der Waals surface area contributed by atoms with Crippen LogP contribution in [0.25, 0.3) is 0 Å². The quantitative estimate of drug-likeness (QED) is 0.850. The van der Waals surface area contributed by atoms with E-state index in [4.69, 9.17) is 4.98 Å². The van der Waals surface area contributed by atoms with Crippen molar-refractivity contribution >= 4 is 17.4 Å². The van der Waals surface area contributed by atoms with E-state index in [1.54, 1.807) is 0 Å². The number of likely N-dealkylation sites (tertiary alicyclic amines) is 1. The van der Waals surface area contributed by atoms with Crippen molar-refractivity contribution in [3.63, 3.8) is 0 Å². The number of rotatable bonds is 3. The molecule has 2 unspecified atom stereocenters. The zero-order valence-electron chi connectivity index (χ0n) is 18.0. The molecule has 1 aromatic heterocycles. The second-order valence-corrected chi connectivity index (χ2v) is 9.63. The molecule has 4 aliphatic rings. The van der Waals surface area contributed by atoms with Gasteiger partial charge in [-0.25, -0.2) is 4.98 Å². The number of aryl methyl sites for hydroxylation is 1. The molecule has 5 rings (SSSR count). The van der Waals surface area contributed by atoms with Gasteiger partial charge in [0.15, 0.2) is 0 Å². The zero-order valence-corrected chi connectivity index (χ0v) is 18.0. The van der Waals surface area contributed by atoms with E-state index in [2.05, 4.69) is 41.1 Å². The molecule has 0 aliphatic carbocycles. The summed E-state index contributed by atoms with van der Waals surface area (Å²) in [6.45, 7) is 10.6. The number of hydrogen-bond donors (Lipinski definition) is 1. The van der Waals surface area contributed by atoms with Crippen LogP contribution in [0.4, 0.5) is 11.5 Å². The van der Waals surface area contributed by atoms with Crippen LogP contribution in [0.5, 0.6) is 0 Å². The SMILES string of the molecule is Cc1nc(N2CCC(N3CCCC3C)C2)ccc1N1CCC2(CCNCC2)C1=O. The van der Waals surface area contributed by atoms with Crippen LogP contribution in [-0.2, 0) is 4.79 Å². The third-order valence-corrected chi connectivity index (χ3v) is 7.97. The summed E-state index contributed by atoms with van der Waals surface area (Å²) in [7, 11) is 0. The van der Waals surface area contributed by atoms with Gasteiger partial charge in [0.05, 0.1) is 16.8 Å². The monoisotopic (exact) mass is 397 g/mol. The Kier molecular flexibility index (Phi) is 5.03. The lowest BCUT2D eigenvalue weighted by molar-refractivity contribution is -0.126. The second-order valence-electron chi connectivity index (χ2n) is 9.63. The van der Waals surface area contributed by atoms with Crippen LogP contribution >= 0.6 is 0 Å². The van der Waals surface area contributed by atoms with Crippen LogP contribution in [-0.4, -0.2) is 67.1 Å². The van der Waals surface area contributed by atoms with Crippen molar-refractivity contribution in [2.75, 3.05) is 49.1 Å². The number of carbonyl (C=O) groups excluding carboxylic acids is 1. The Labute approximate surface area is 174 Å². The summed E-state index contributed by atoms with van der Waals surface area (Å²) in [6.07, 6.45) is 6.83. The molecule has 4 saturated heterocycles. The summed E-state index contributed by atoms with van der Waals surface area (Å²) >= 11 is 0. The summed E-state index contributed by atoms with van der Waals surface area (Å²) in [5, 5.41) is 3.40. The van der Waals surface area contributed by atoms with Gasteiger partial charge in [-0.2, -0.15) is 0 Å². The van der Waals surface area contributed by atoms with E-state index in [1.165, 1.54) is 25.8 Å². The standard InChI is InChI=1S/C23H35N5O/c1-17-4-3-13-27(17)19-7-14-26(16-19)21-6-5-20(18(2)25-21)28-15-10-23(22(28)29)8-11-24-12-9-23/h5-6,17,19,24H,3-4,7-16H2,1-2H3. The fourth-order valence-corrected chi connectivity index (χ4v) is 6.14. The normalized spacial score (nSPS) is 30.1. The van der Waals surface area contributed by atoms with Gasteiger partial charge in [-0.3, -0.25) is 9.69 Å². The molecular weight excluding hydrogens is 362 g/mol. The topological polar surface area (TPSA) is 51.7 Å². The van der Waals surface area contributed by atoms with Gasteiger partial charge in [0.25, 0.3) is 0 Å². The number of amides is 1. The van der Waals surface area contributed by atoms with Crippen molar-refractivity contribution in [3.05, 3.63) is 17.8 Å². The van der Waals surface area contributed by atoms with Crippen LogP contribution in [0.2, 0.25) is 0 Å². The molecule has 1 aromatic rings. The summed E-state index contributed by atoms with van der Waals surface area (Å²) in [4.78, 5) is 25.3. The summed E-state index contributed by atoms with van der Waals surface area (Å²) < 4.78 is 0. The largest absolute Gasteiger partial charge is 0.355 e. The Balaban J connectivity index is 1.29. The van der Waals surface area contributed by atoms with Gasteiger partial charge in [0.1, 0.15) is 5.82 Å². The third kappa shape index (κ3) is 3.34. The molecule has 158 valence electrons. The van der Waals surface area contributed by atoms with Gasteiger partial charge in [0, 0.05) is 31.7 Å². The Hall–Kier alpha value is -1.66. The van der Waals surface area contributed by atoms with Gasteiger partial charge in [-0.05, 0) is 84.1 Å². The molecule has 2 atom stereocenters. The Morgan fingerprint density at radius 2 is 1.93 bits per heavy atom. The number of aromatic nitrogens is 1. The van der Waals surface area contributed by atoms with Gasteiger partial charge in [-0.1, -0.05) is 0 Å². The average molecular weight is 398 g/mol. The lowest BCUT2D eigenvalue weighted by atomic mass is 9.77. The van der Waals surface area contributed by atoms with Crippen molar-refractivity contribution < 1.29 is 4.79 Å². The van der Waals surface area contributed by atoms with Crippen LogP contribution in [0.3, 0.4) is 0 Å². The number of nitrogens with zero attached hydrogens (tertiary/aromatic N) is 4. The second kappa shape index (κ2) is 7.55. The first-order valence-corrected chi connectivity index (χ1v) is 11.6. The van der Waals surface area contributed by atoms with E-state index < -0.39 is 0 Å². The van der Waals surface area contributed by atoms with Crippen LogP contribution in [0.1, 0.15) is 51.1 Å². The maximum absolute atomic E-state index is 13.3. The number of nitrogens with one attached hydrogen (secondary N) is 1. The molecule has 1 N–H and O–H groups in total. The molecule has 6 heteroatoms. The van der Waals surface area contributed by atoms with Crippen molar-refractivity contribution in [2.24, 2.45) is 5.41 Å². The number of pyridine rings is 1. The molecule has 4 fully saturated rings. The molecule has 4 aliphatic heterocycles. The fourth-order valence-electron chi connectivity index (χ4n) is 6.14. The first-order valence-electron chi connectivity index (χ1n) is 11.6. The summed E-state index contributed by atoms with van der Waals surface area (Å²) in [5.41, 5.74) is 1.86. The van der Waals surface area contributed by atoms with E-state index in [0.29, 0.717) is 11.9 Å². The number of piperidine rings is 1. The molecule has 0 radical (unpaired) electrons. The van der Waals surface area contributed by atoms with Gasteiger partial charge < -0.3 is 15.1 Å². The lowest BCUT2D eigenvalue weighted by Crippen LogP contribution is -2.42. The van der Waals surface area contributed by atoms with Crippen LogP contribution in [0, 0.1) is 12.3 Å². The maximum Gasteiger partial charge on any atom is 0.233 e. The van der Waals surface area contributed by atoms with Crippen molar-refractivity contribution in [3.8, 4) is 0 Å². The van der Waals surface area contributed by atoms with Crippen LogP contribution in [0.15, 0.2) is 12.1 Å². The van der Waals surface area contributed by atoms with E-state index in [1.807, 2.05) is 4.90 Å². The van der Waals surface area contributed by atoms with Crippen LogP contribution < -0.4 is 15.1 Å². The lowest BCUT2D eigenvalue weighted by Gasteiger charge is -2.32. The van der Waals surface area contributed by atoms with E-state index in [-0.39, 0.29) is 5.41 Å². The van der Waals surface area contributed by atoms with Gasteiger partial charge in [-0.15, -0.1) is 0 Å². The Bertz CT molecular complexity index is 775. The van der Waals surface area contributed by atoms with Gasteiger partial charge >= 0.3 is 0 Å². The molecule has 6 nitrogen and oxygen atoms in total. The van der Waals surface area contributed by atoms with Crippen molar-refractivity contribution in [1.29, 1.82) is 0 Å². The number of carbonyl (C=O) groups is 1. The third-order valence-electron chi connectivity index (χ3n) is 7.97. The van der Waals surface area contributed by atoms with E-state index in [9.17, 15) is 4.79 Å². The molecule has 29 heavy (non-hydrogen) atoms. The fraction of sp³-hybridized carbons (Fsp3) is 0.739. The van der Waals surface area contributed by atoms with Crippen molar-refractivity contribution in [2.45, 2.75) is 64.5 Å². The highest BCUT2D eigenvalue weighted by Gasteiger charge is 2.47. The summed E-state index contributed by atoms with van der Waals surface area (Å²) in [6, 6.07) is 5.66. The highest BCUT2D eigenvalue weighted by Crippen LogP contribution is 2.42. The minimum Gasteiger partial charge on any atom is -0.355 e. The minimum atomic E-state index is -0.134. The molecule has 0 aromatic carbocycles.